The molecule has 0 aliphatic heterocycles. The molecular weight excluding hydrogens is 256 g/mol. The lowest BCUT2D eigenvalue weighted by Crippen LogP contribution is -2.45. The summed E-state index contributed by atoms with van der Waals surface area (Å²) in [5.41, 5.74) is 4.67. The number of nitrogens with one attached hydrogen (secondary N) is 3. The monoisotopic (exact) mass is 278 g/mol. The van der Waals surface area contributed by atoms with E-state index in [0.717, 1.165) is 17.7 Å². The normalized spacial score (nSPS) is 11.6. The average Bonchev–Trinajstić information content (AvgIpc) is 2.44. The topological polar surface area (TPSA) is 96.2 Å². The van der Waals surface area contributed by atoms with Crippen LogP contribution >= 0.6 is 0 Å². The zero-order valence-electron chi connectivity index (χ0n) is 12.1. The van der Waals surface area contributed by atoms with Crippen LogP contribution in [-0.2, 0) is 4.79 Å². The Kier molecular flexibility index (Phi) is 5.99. The summed E-state index contributed by atoms with van der Waals surface area (Å²) in [5.74, 6) is 4.88. The Bertz CT molecular complexity index is 488. The summed E-state index contributed by atoms with van der Waals surface area (Å²) in [4.78, 5) is 23.7. The first kappa shape index (κ1) is 16.0. The van der Waals surface area contributed by atoms with Gasteiger partial charge < -0.3 is 16.1 Å². The minimum Gasteiger partial charge on any atom is -0.354 e. The van der Waals surface area contributed by atoms with E-state index in [4.69, 9.17) is 5.84 Å². The van der Waals surface area contributed by atoms with Crippen molar-refractivity contribution in [1.29, 1.82) is 0 Å². The molecule has 110 valence electrons. The third-order valence-electron chi connectivity index (χ3n) is 2.93. The van der Waals surface area contributed by atoms with Crippen LogP contribution < -0.4 is 21.9 Å². The SMILES string of the molecule is CCCNC(=O)C(C)NC(=O)c1ccc(NN)c(C)c1. The number of carbonyl (C=O) groups is 2. The van der Waals surface area contributed by atoms with Crippen LogP contribution in [0.2, 0.25) is 0 Å². The molecule has 5 N–H and O–H groups in total. The number of carbonyl (C=O) groups excluding carboxylic acids is 2. The van der Waals surface area contributed by atoms with Crippen molar-refractivity contribution in [3.8, 4) is 0 Å². The zero-order chi connectivity index (χ0) is 15.1. The molecule has 0 aromatic heterocycles. The lowest BCUT2D eigenvalue weighted by Gasteiger charge is -2.14. The standard InChI is InChI=1S/C14H22N4O2/c1-4-7-16-13(19)10(3)17-14(20)11-5-6-12(18-15)9(2)8-11/h5-6,8,10,18H,4,7,15H2,1-3H3,(H,16,19)(H,17,20). The molecule has 0 saturated carbocycles. The number of hydrazine groups is 1. The third kappa shape index (κ3) is 4.24. The van der Waals surface area contributed by atoms with Crippen molar-refractivity contribution < 1.29 is 9.59 Å². The van der Waals surface area contributed by atoms with Gasteiger partial charge in [0.15, 0.2) is 0 Å². The summed E-state index contributed by atoms with van der Waals surface area (Å²) in [6.45, 7) is 6.09. The first-order valence-corrected chi connectivity index (χ1v) is 6.65. The highest BCUT2D eigenvalue weighted by Gasteiger charge is 2.16. The van der Waals surface area contributed by atoms with Crippen molar-refractivity contribution >= 4 is 17.5 Å². The molecule has 2 amide bonds. The van der Waals surface area contributed by atoms with Gasteiger partial charge >= 0.3 is 0 Å². The maximum absolute atomic E-state index is 12.0. The molecule has 6 nitrogen and oxygen atoms in total. The van der Waals surface area contributed by atoms with Gasteiger partial charge in [0.2, 0.25) is 5.91 Å². The first-order chi connectivity index (χ1) is 9.49. The quantitative estimate of drug-likeness (QED) is 0.459. The molecule has 0 spiro atoms. The van der Waals surface area contributed by atoms with Gasteiger partial charge in [-0.1, -0.05) is 6.92 Å². The van der Waals surface area contributed by atoms with Crippen LogP contribution in [0.5, 0.6) is 0 Å². The number of anilines is 1. The number of nitrogen functional groups attached to an aromatic ring is 1. The number of nitrogens with two attached hydrogens (primary N) is 1. The Balaban J connectivity index is 2.66. The lowest BCUT2D eigenvalue weighted by atomic mass is 10.1. The van der Waals surface area contributed by atoms with E-state index in [9.17, 15) is 9.59 Å². The smallest absolute Gasteiger partial charge is 0.251 e. The summed E-state index contributed by atoms with van der Waals surface area (Å²) < 4.78 is 0. The van der Waals surface area contributed by atoms with E-state index in [1.54, 1.807) is 25.1 Å². The molecule has 20 heavy (non-hydrogen) atoms. The van der Waals surface area contributed by atoms with Crippen molar-refractivity contribution in [2.45, 2.75) is 33.2 Å². The van der Waals surface area contributed by atoms with Gasteiger partial charge in [-0.05, 0) is 44.0 Å². The molecule has 0 aliphatic carbocycles. The molecule has 0 saturated heterocycles. The van der Waals surface area contributed by atoms with Gasteiger partial charge in [0.25, 0.3) is 5.91 Å². The maximum Gasteiger partial charge on any atom is 0.251 e. The minimum absolute atomic E-state index is 0.183. The van der Waals surface area contributed by atoms with Crippen molar-refractivity contribution in [2.24, 2.45) is 5.84 Å². The average molecular weight is 278 g/mol. The fraction of sp³-hybridized carbons (Fsp3) is 0.429. The summed E-state index contributed by atoms with van der Waals surface area (Å²) in [7, 11) is 0. The number of aryl methyl sites for hydroxylation is 1. The second-order valence-electron chi connectivity index (χ2n) is 4.66. The van der Waals surface area contributed by atoms with Crippen molar-refractivity contribution in [3.05, 3.63) is 29.3 Å². The second kappa shape index (κ2) is 7.49. The fourth-order valence-electron chi connectivity index (χ4n) is 1.71. The van der Waals surface area contributed by atoms with E-state index >= 15 is 0 Å². The Labute approximate surface area is 119 Å². The molecule has 0 radical (unpaired) electrons. The summed E-state index contributed by atoms with van der Waals surface area (Å²) in [6, 6.07) is 4.54. The lowest BCUT2D eigenvalue weighted by molar-refractivity contribution is -0.122. The van der Waals surface area contributed by atoms with Gasteiger partial charge in [-0.3, -0.25) is 15.4 Å². The van der Waals surface area contributed by atoms with Gasteiger partial charge in [0.05, 0.1) is 5.69 Å². The van der Waals surface area contributed by atoms with Gasteiger partial charge in [-0.25, -0.2) is 0 Å². The highest BCUT2D eigenvalue weighted by molar-refractivity contribution is 5.97. The Hall–Kier alpha value is -2.08. The van der Waals surface area contributed by atoms with Crippen LogP contribution in [-0.4, -0.2) is 24.4 Å². The molecule has 0 bridgehead atoms. The van der Waals surface area contributed by atoms with Crippen LogP contribution in [0.15, 0.2) is 18.2 Å². The van der Waals surface area contributed by atoms with E-state index in [0.29, 0.717) is 12.1 Å². The molecule has 0 fully saturated rings. The van der Waals surface area contributed by atoms with Crippen LogP contribution in [0.1, 0.15) is 36.2 Å². The van der Waals surface area contributed by atoms with E-state index in [-0.39, 0.29) is 11.8 Å². The Morgan fingerprint density at radius 3 is 2.60 bits per heavy atom. The van der Waals surface area contributed by atoms with Crippen LogP contribution in [0.25, 0.3) is 0 Å². The van der Waals surface area contributed by atoms with E-state index in [1.165, 1.54) is 0 Å². The van der Waals surface area contributed by atoms with Gasteiger partial charge in [-0.15, -0.1) is 0 Å². The Morgan fingerprint density at radius 2 is 2.05 bits per heavy atom. The predicted molar refractivity (Wildman–Crippen MR) is 79.2 cm³/mol. The molecule has 0 aliphatic rings. The maximum atomic E-state index is 12.0. The van der Waals surface area contributed by atoms with Crippen molar-refractivity contribution in [3.63, 3.8) is 0 Å². The summed E-state index contributed by atoms with van der Waals surface area (Å²) >= 11 is 0. The molecule has 6 heteroatoms. The molecular formula is C14H22N4O2. The molecule has 1 rings (SSSR count). The summed E-state index contributed by atoms with van der Waals surface area (Å²) in [6.07, 6.45) is 0.860. The highest BCUT2D eigenvalue weighted by atomic mass is 16.2. The number of benzene rings is 1. The van der Waals surface area contributed by atoms with Crippen molar-refractivity contribution in [2.75, 3.05) is 12.0 Å². The Morgan fingerprint density at radius 1 is 1.35 bits per heavy atom. The highest BCUT2D eigenvalue weighted by Crippen LogP contribution is 2.15. The van der Waals surface area contributed by atoms with Gasteiger partial charge in [0, 0.05) is 12.1 Å². The van der Waals surface area contributed by atoms with E-state index < -0.39 is 6.04 Å². The predicted octanol–water partition coefficient (Wildman–Crippen LogP) is 0.925. The van der Waals surface area contributed by atoms with Crippen molar-refractivity contribution in [1.82, 2.24) is 10.6 Å². The van der Waals surface area contributed by atoms with E-state index in [2.05, 4.69) is 16.1 Å². The van der Waals surface area contributed by atoms with Gasteiger partial charge in [0.1, 0.15) is 6.04 Å². The van der Waals surface area contributed by atoms with Crippen LogP contribution in [0, 0.1) is 6.92 Å². The van der Waals surface area contributed by atoms with Crippen LogP contribution in [0.3, 0.4) is 0 Å². The van der Waals surface area contributed by atoms with Gasteiger partial charge in [-0.2, -0.15) is 0 Å². The first-order valence-electron chi connectivity index (χ1n) is 6.65. The minimum atomic E-state index is -0.568. The van der Waals surface area contributed by atoms with E-state index in [1.807, 2.05) is 13.8 Å². The molecule has 1 aromatic carbocycles. The largest absolute Gasteiger partial charge is 0.354 e. The molecule has 1 atom stereocenters. The van der Waals surface area contributed by atoms with Crippen LogP contribution in [0.4, 0.5) is 5.69 Å². The molecule has 0 heterocycles. The number of amides is 2. The molecule has 1 aromatic rings. The second-order valence-corrected chi connectivity index (χ2v) is 4.66. The zero-order valence-corrected chi connectivity index (χ0v) is 12.1. The number of hydrogen-bond donors (Lipinski definition) is 4. The molecule has 1 unspecified atom stereocenters. The number of hydrogen-bond acceptors (Lipinski definition) is 4. The third-order valence-corrected chi connectivity index (χ3v) is 2.93. The fourth-order valence-corrected chi connectivity index (χ4v) is 1.71. The summed E-state index contributed by atoms with van der Waals surface area (Å²) in [5, 5.41) is 5.41. The number of rotatable bonds is 6.